The van der Waals surface area contributed by atoms with Crippen molar-refractivity contribution < 1.29 is 19.5 Å². The van der Waals surface area contributed by atoms with Crippen LogP contribution in [0.3, 0.4) is 0 Å². The van der Waals surface area contributed by atoms with Crippen LogP contribution in [0.15, 0.2) is 27.4 Å². The van der Waals surface area contributed by atoms with Crippen molar-refractivity contribution in [3.8, 4) is 0 Å². The molecular weight excluding hydrogens is 336 g/mol. The monoisotopic (exact) mass is 346 g/mol. The maximum absolute atomic E-state index is 11.6. The predicted molar refractivity (Wildman–Crippen MR) is 73.8 cm³/mol. The molecule has 0 spiro atoms. The molecule has 0 unspecified atom stereocenters. The number of thiophene rings is 1. The van der Waals surface area contributed by atoms with E-state index >= 15 is 0 Å². The van der Waals surface area contributed by atoms with E-state index in [0.717, 1.165) is 15.4 Å². The molecule has 1 rings (SSSR count). The van der Waals surface area contributed by atoms with E-state index < -0.39 is 17.9 Å². The van der Waals surface area contributed by atoms with E-state index in [1.54, 1.807) is 0 Å². The van der Waals surface area contributed by atoms with E-state index in [1.165, 1.54) is 23.3 Å². The molecule has 1 heterocycles. The van der Waals surface area contributed by atoms with E-state index in [9.17, 15) is 14.4 Å². The Kier molecular flexibility index (Phi) is 5.71. The highest BCUT2D eigenvalue weighted by Gasteiger charge is 2.12. The van der Waals surface area contributed by atoms with Gasteiger partial charge in [-0.3, -0.25) is 10.1 Å². The number of halogens is 1. The maximum Gasteiger partial charge on any atom is 0.328 e. The maximum atomic E-state index is 11.6. The lowest BCUT2D eigenvalue weighted by atomic mass is 10.3. The topological polar surface area (TPSA) is 86.7 Å². The summed E-state index contributed by atoms with van der Waals surface area (Å²) in [7, 11) is 1.54. The highest BCUT2D eigenvalue weighted by molar-refractivity contribution is 9.11. The van der Waals surface area contributed by atoms with Gasteiger partial charge in [0.15, 0.2) is 0 Å². The number of carbonyl (C=O) groups is 3. The average Bonchev–Trinajstić information content (AvgIpc) is 2.72. The molecule has 0 aromatic carbocycles. The smallest absolute Gasteiger partial charge is 0.328 e. The molecule has 3 amide bonds. The molecule has 0 bridgehead atoms. The number of carboxylic acids is 1. The van der Waals surface area contributed by atoms with Gasteiger partial charge >= 0.3 is 12.0 Å². The van der Waals surface area contributed by atoms with E-state index in [2.05, 4.69) is 21.2 Å². The van der Waals surface area contributed by atoms with Crippen LogP contribution in [-0.4, -0.2) is 35.0 Å². The van der Waals surface area contributed by atoms with Crippen LogP contribution in [-0.2, 0) is 16.1 Å². The molecule has 6 nitrogen and oxygen atoms in total. The summed E-state index contributed by atoms with van der Waals surface area (Å²) in [5, 5.41) is 12.3. The Labute approximate surface area is 121 Å². The number of amides is 3. The van der Waals surface area contributed by atoms with E-state index in [4.69, 9.17) is 5.11 Å². The zero-order valence-corrected chi connectivity index (χ0v) is 12.3. The summed E-state index contributed by atoms with van der Waals surface area (Å²) in [5.74, 6) is -2.02. The highest BCUT2D eigenvalue weighted by atomic mass is 79.9. The molecule has 1 aromatic heterocycles. The SMILES string of the molecule is CN(Cc1csc(Br)c1)C(=O)NC(=O)C=CC(=O)O. The van der Waals surface area contributed by atoms with Crippen LogP contribution in [0.4, 0.5) is 4.79 Å². The first kappa shape index (κ1) is 15.4. The van der Waals surface area contributed by atoms with Crippen molar-refractivity contribution in [1.29, 1.82) is 0 Å². The molecule has 0 aliphatic carbocycles. The fourth-order valence-corrected chi connectivity index (χ4v) is 2.36. The minimum absolute atomic E-state index is 0.351. The first-order chi connectivity index (χ1) is 8.88. The van der Waals surface area contributed by atoms with Crippen molar-refractivity contribution >= 4 is 45.2 Å². The molecule has 2 N–H and O–H groups in total. The van der Waals surface area contributed by atoms with Crippen LogP contribution in [0, 0.1) is 0 Å². The number of rotatable bonds is 4. The van der Waals surface area contributed by atoms with E-state index in [-0.39, 0.29) is 0 Å². The molecule has 0 saturated carbocycles. The number of urea groups is 1. The third-order valence-electron chi connectivity index (χ3n) is 2.00. The van der Waals surface area contributed by atoms with E-state index in [0.29, 0.717) is 12.6 Å². The van der Waals surface area contributed by atoms with Gasteiger partial charge in [-0.05, 0) is 32.9 Å². The van der Waals surface area contributed by atoms with Gasteiger partial charge in [0.05, 0.1) is 3.79 Å². The molecule has 0 aliphatic rings. The molecule has 19 heavy (non-hydrogen) atoms. The van der Waals surface area contributed by atoms with E-state index in [1.807, 2.05) is 11.4 Å². The molecular formula is C11H11BrN2O4S. The summed E-state index contributed by atoms with van der Waals surface area (Å²) < 4.78 is 0.955. The van der Waals surface area contributed by atoms with Crippen molar-refractivity contribution in [2.75, 3.05) is 7.05 Å². The summed E-state index contributed by atoms with van der Waals surface area (Å²) >= 11 is 4.81. The largest absolute Gasteiger partial charge is 0.478 e. The number of imide groups is 1. The van der Waals surface area contributed by atoms with Crippen molar-refractivity contribution in [3.05, 3.63) is 32.9 Å². The van der Waals surface area contributed by atoms with Gasteiger partial charge in [0, 0.05) is 25.7 Å². The van der Waals surface area contributed by atoms with Crippen molar-refractivity contribution in [2.45, 2.75) is 6.54 Å². The third-order valence-corrected chi connectivity index (χ3v) is 3.55. The van der Waals surface area contributed by atoms with Gasteiger partial charge in [0.1, 0.15) is 0 Å². The molecule has 0 saturated heterocycles. The zero-order valence-electron chi connectivity index (χ0n) is 9.92. The number of carboxylic acid groups (broad SMARTS) is 1. The van der Waals surface area contributed by atoms with Crippen LogP contribution in [0.25, 0.3) is 0 Å². The number of nitrogens with zero attached hydrogens (tertiary/aromatic N) is 1. The summed E-state index contributed by atoms with van der Waals surface area (Å²) in [5.41, 5.74) is 0.933. The minimum Gasteiger partial charge on any atom is -0.478 e. The lowest BCUT2D eigenvalue weighted by molar-refractivity contribution is -0.131. The van der Waals surface area contributed by atoms with Gasteiger partial charge in [0.2, 0.25) is 0 Å². The Morgan fingerprint density at radius 1 is 1.47 bits per heavy atom. The first-order valence-corrected chi connectivity index (χ1v) is 6.75. The van der Waals surface area contributed by atoms with Crippen molar-refractivity contribution in [3.63, 3.8) is 0 Å². The number of hydrogen-bond donors (Lipinski definition) is 2. The van der Waals surface area contributed by atoms with Gasteiger partial charge in [-0.15, -0.1) is 11.3 Å². The zero-order chi connectivity index (χ0) is 14.4. The predicted octanol–water partition coefficient (Wildman–Crippen LogP) is 1.82. The average molecular weight is 347 g/mol. The molecule has 8 heteroatoms. The summed E-state index contributed by atoms with van der Waals surface area (Å²) in [6, 6.07) is 1.28. The molecule has 0 aliphatic heterocycles. The number of aliphatic carboxylic acids is 1. The van der Waals surface area contributed by atoms with Crippen LogP contribution < -0.4 is 5.32 Å². The Hall–Kier alpha value is -1.67. The second-order valence-electron chi connectivity index (χ2n) is 3.58. The van der Waals surface area contributed by atoms with Gasteiger partial charge in [-0.25, -0.2) is 9.59 Å². The standard InChI is InChI=1S/C11H11BrN2O4S/c1-14(5-7-4-8(12)19-6-7)11(18)13-9(15)2-3-10(16)17/h2-4,6H,5H2,1H3,(H,16,17)(H,13,15,18). The number of carbonyl (C=O) groups excluding carboxylic acids is 2. The summed E-state index contributed by atoms with van der Waals surface area (Å²) in [4.78, 5) is 34.3. The van der Waals surface area contributed by atoms with Crippen LogP contribution >= 0.6 is 27.3 Å². The lowest BCUT2D eigenvalue weighted by Gasteiger charge is -2.15. The first-order valence-electron chi connectivity index (χ1n) is 5.08. The van der Waals surface area contributed by atoms with Crippen LogP contribution in [0.1, 0.15) is 5.56 Å². The van der Waals surface area contributed by atoms with Gasteiger partial charge in [-0.1, -0.05) is 0 Å². The fraction of sp³-hybridized carbons (Fsp3) is 0.182. The van der Waals surface area contributed by atoms with Crippen molar-refractivity contribution in [2.24, 2.45) is 0 Å². The molecule has 0 fully saturated rings. The number of nitrogens with one attached hydrogen (secondary N) is 1. The van der Waals surface area contributed by atoms with Crippen LogP contribution in [0.5, 0.6) is 0 Å². The van der Waals surface area contributed by atoms with Gasteiger partial charge < -0.3 is 10.0 Å². The quantitative estimate of drug-likeness (QED) is 0.814. The minimum atomic E-state index is -1.25. The molecule has 1 aromatic rings. The lowest BCUT2D eigenvalue weighted by Crippen LogP contribution is -2.39. The molecule has 0 radical (unpaired) electrons. The molecule has 102 valence electrons. The summed E-state index contributed by atoms with van der Waals surface area (Å²) in [6.07, 6.45) is 1.45. The normalized spacial score (nSPS) is 10.4. The Bertz CT molecular complexity index is 527. The highest BCUT2D eigenvalue weighted by Crippen LogP contribution is 2.21. The van der Waals surface area contributed by atoms with Crippen LogP contribution in [0.2, 0.25) is 0 Å². The number of hydrogen-bond acceptors (Lipinski definition) is 4. The summed E-state index contributed by atoms with van der Waals surface area (Å²) in [6.45, 7) is 0.351. The second-order valence-corrected chi connectivity index (χ2v) is 5.87. The van der Waals surface area contributed by atoms with Gasteiger partial charge in [-0.2, -0.15) is 0 Å². The Morgan fingerprint density at radius 3 is 2.68 bits per heavy atom. The van der Waals surface area contributed by atoms with Crippen molar-refractivity contribution in [1.82, 2.24) is 10.2 Å². The second kappa shape index (κ2) is 7.05. The third kappa shape index (κ3) is 5.66. The fourth-order valence-electron chi connectivity index (χ4n) is 1.16. The molecule has 0 atom stereocenters. The Morgan fingerprint density at radius 2 is 2.16 bits per heavy atom. The Balaban J connectivity index is 2.49. The van der Waals surface area contributed by atoms with Gasteiger partial charge in [0.25, 0.3) is 5.91 Å².